The average Bonchev–Trinajstić information content (AvgIpc) is 2.75. The summed E-state index contributed by atoms with van der Waals surface area (Å²) in [6, 6.07) is 3.71. The number of hydrogen-bond donors (Lipinski definition) is 1. The van der Waals surface area contributed by atoms with Gasteiger partial charge in [0, 0.05) is 37.8 Å². The van der Waals surface area contributed by atoms with E-state index in [2.05, 4.69) is 20.4 Å². The molecule has 0 aliphatic heterocycles. The second-order valence-electron chi connectivity index (χ2n) is 3.49. The number of aromatic nitrogens is 3. The Balaban J connectivity index is 1.85. The molecule has 2 aromatic heterocycles. The molecule has 0 radical (unpaired) electrons. The molecule has 0 bridgehead atoms. The van der Waals surface area contributed by atoms with Gasteiger partial charge in [-0.05, 0) is 6.07 Å². The zero-order chi connectivity index (χ0) is 12.1. The van der Waals surface area contributed by atoms with Crippen LogP contribution in [0.15, 0.2) is 22.9 Å². The number of pyridine rings is 1. The summed E-state index contributed by atoms with van der Waals surface area (Å²) in [5.41, 5.74) is 0.956. The summed E-state index contributed by atoms with van der Waals surface area (Å²) in [6.07, 6.45) is 2.40. The van der Waals surface area contributed by atoms with E-state index in [9.17, 15) is 0 Å². The number of rotatable bonds is 5. The van der Waals surface area contributed by atoms with Crippen molar-refractivity contribution in [3.05, 3.63) is 30.0 Å². The Morgan fingerprint density at radius 2 is 2.35 bits per heavy atom. The monoisotopic (exact) mass is 234 g/mol. The SMILES string of the molecule is COc1cc(NCCc2noc(C)n2)ccn1. The van der Waals surface area contributed by atoms with E-state index in [1.165, 1.54) is 0 Å². The van der Waals surface area contributed by atoms with Gasteiger partial charge in [0.25, 0.3) is 0 Å². The molecule has 90 valence electrons. The van der Waals surface area contributed by atoms with Crippen LogP contribution in [0.4, 0.5) is 5.69 Å². The number of hydrogen-bond acceptors (Lipinski definition) is 6. The molecule has 0 unspecified atom stereocenters. The summed E-state index contributed by atoms with van der Waals surface area (Å²) in [5.74, 6) is 1.88. The lowest BCUT2D eigenvalue weighted by molar-refractivity contribution is 0.387. The van der Waals surface area contributed by atoms with E-state index < -0.39 is 0 Å². The Morgan fingerprint density at radius 3 is 3.06 bits per heavy atom. The predicted molar refractivity (Wildman–Crippen MR) is 62.0 cm³/mol. The summed E-state index contributed by atoms with van der Waals surface area (Å²) < 4.78 is 9.92. The predicted octanol–water partition coefficient (Wildman–Crippen LogP) is 1.44. The molecule has 17 heavy (non-hydrogen) atoms. The zero-order valence-corrected chi connectivity index (χ0v) is 9.80. The Kier molecular flexibility index (Phi) is 3.54. The number of nitrogens with one attached hydrogen (secondary N) is 1. The third kappa shape index (κ3) is 3.17. The third-order valence-corrected chi connectivity index (χ3v) is 2.19. The van der Waals surface area contributed by atoms with Crippen molar-refractivity contribution < 1.29 is 9.26 Å². The highest BCUT2D eigenvalue weighted by Crippen LogP contribution is 2.13. The molecule has 1 N–H and O–H groups in total. The second kappa shape index (κ2) is 5.29. The maximum atomic E-state index is 5.03. The van der Waals surface area contributed by atoms with Crippen LogP contribution < -0.4 is 10.1 Å². The molecule has 2 rings (SSSR count). The maximum Gasteiger partial charge on any atom is 0.223 e. The maximum absolute atomic E-state index is 5.03. The van der Waals surface area contributed by atoms with Gasteiger partial charge in [-0.15, -0.1) is 0 Å². The number of aryl methyl sites for hydroxylation is 1. The summed E-state index contributed by atoms with van der Waals surface area (Å²) in [5, 5.41) is 7.05. The second-order valence-corrected chi connectivity index (χ2v) is 3.49. The Labute approximate surface area is 99.0 Å². The number of methoxy groups -OCH3 is 1. The van der Waals surface area contributed by atoms with Crippen molar-refractivity contribution in [1.82, 2.24) is 15.1 Å². The fraction of sp³-hybridized carbons (Fsp3) is 0.364. The standard InChI is InChI=1S/C11H14N4O2/c1-8-14-10(15-17-8)4-6-12-9-3-5-13-11(7-9)16-2/h3,5,7H,4,6H2,1-2H3,(H,12,13). The van der Waals surface area contributed by atoms with Crippen LogP contribution in [0.5, 0.6) is 5.88 Å². The van der Waals surface area contributed by atoms with Crippen molar-refractivity contribution in [2.24, 2.45) is 0 Å². The van der Waals surface area contributed by atoms with Crippen molar-refractivity contribution in [3.63, 3.8) is 0 Å². The first-order chi connectivity index (χ1) is 8.28. The minimum atomic E-state index is 0.588. The van der Waals surface area contributed by atoms with Crippen molar-refractivity contribution in [2.45, 2.75) is 13.3 Å². The van der Waals surface area contributed by atoms with Crippen LogP contribution in [0, 0.1) is 6.92 Å². The number of anilines is 1. The van der Waals surface area contributed by atoms with Gasteiger partial charge >= 0.3 is 0 Å². The topological polar surface area (TPSA) is 73.1 Å². The van der Waals surface area contributed by atoms with E-state index in [1.54, 1.807) is 20.2 Å². The molecule has 0 atom stereocenters. The summed E-state index contributed by atoms with van der Waals surface area (Å²) in [7, 11) is 1.59. The van der Waals surface area contributed by atoms with Crippen LogP contribution >= 0.6 is 0 Å². The molecular formula is C11H14N4O2. The molecule has 0 aliphatic carbocycles. The lowest BCUT2D eigenvalue weighted by atomic mass is 10.3. The van der Waals surface area contributed by atoms with Gasteiger partial charge in [-0.1, -0.05) is 5.16 Å². The van der Waals surface area contributed by atoms with Gasteiger partial charge in [-0.25, -0.2) is 4.98 Å². The van der Waals surface area contributed by atoms with Crippen LogP contribution in [0.1, 0.15) is 11.7 Å². The Bertz CT molecular complexity index is 484. The van der Waals surface area contributed by atoms with E-state index in [1.807, 2.05) is 12.1 Å². The summed E-state index contributed by atoms with van der Waals surface area (Å²) in [4.78, 5) is 8.15. The molecule has 0 saturated carbocycles. The van der Waals surface area contributed by atoms with Crippen LogP contribution in [0.25, 0.3) is 0 Å². The smallest absolute Gasteiger partial charge is 0.223 e. The molecule has 6 nitrogen and oxygen atoms in total. The van der Waals surface area contributed by atoms with Gasteiger partial charge in [-0.2, -0.15) is 4.98 Å². The van der Waals surface area contributed by atoms with E-state index in [4.69, 9.17) is 9.26 Å². The van der Waals surface area contributed by atoms with Gasteiger partial charge in [0.15, 0.2) is 5.82 Å². The molecule has 2 heterocycles. The van der Waals surface area contributed by atoms with Crippen LogP contribution in [-0.2, 0) is 6.42 Å². The minimum absolute atomic E-state index is 0.588. The quantitative estimate of drug-likeness (QED) is 0.843. The van der Waals surface area contributed by atoms with E-state index in [-0.39, 0.29) is 0 Å². The van der Waals surface area contributed by atoms with Crippen molar-refractivity contribution in [2.75, 3.05) is 19.0 Å². The highest BCUT2D eigenvalue weighted by Gasteiger charge is 2.02. The van der Waals surface area contributed by atoms with Gasteiger partial charge in [0.1, 0.15) is 0 Å². The largest absolute Gasteiger partial charge is 0.481 e. The highest BCUT2D eigenvalue weighted by molar-refractivity contribution is 5.44. The van der Waals surface area contributed by atoms with E-state index in [0.29, 0.717) is 24.0 Å². The summed E-state index contributed by atoms with van der Waals surface area (Å²) >= 11 is 0. The molecule has 6 heteroatoms. The van der Waals surface area contributed by atoms with Crippen molar-refractivity contribution in [1.29, 1.82) is 0 Å². The van der Waals surface area contributed by atoms with Crippen molar-refractivity contribution >= 4 is 5.69 Å². The highest BCUT2D eigenvalue weighted by atomic mass is 16.5. The number of nitrogens with zero attached hydrogens (tertiary/aromatic N) is 3. The number of ether oxygens (including phenoxy) is 1. The molecule has 0 saturated heterocycles. The first kappa shape index (κ1) is 11.4. The fourth-order valence-electron chi connectivity index (χ4n) is 1.39. The molecular weight excluding hydrogens is 220 g/mol. The minimum Gasteiger partial charge on any atom is -0.481 e. The fourth-order valence-corrected chi connectivity index (χ4v) is 1.39. The Morgan fingerprint density at radius 1 is 1.47 bits per heavy atom. The van der Waals surface area contributed by atoms with Crippen LogP contribution in [0.3, 0.4) is 0 Å². The molecule has 0 amide bonds. The molecule has 0 aromatic carbocycles. The molecule has 0 spiro atoms. The van der Waals surface area contributed by atoms with Crippen LogP contribution in [-0.4, -0.2) is 28.8 Å². The average molecular weight is 234 g/mol. The van der Waals surface area contributed by atoms with Crippen molar-refractivity contribution in [3.8, 4) is 5.88 Å². The van der Waals surface area contributed by atoms with Crippen LogP contribution in [0.2, 0.25) is 0 Å². The normalized spacial score (nSPS) is 10.2. The molecule has 2 aromatic rings. The molecule has 0 aliphatic rings. The van der Waals surface area contributed by atoms with Gasteiger partial charge in [0.2, 0.25) is 11.8 Å². The first-order valence-corrected chi connectivity index (χ1v) is 5.31. The van der Waals surface area contributed by atoms with Gasteiger partial charge < -0.3 is 14.6 Å². The molecule has 0 fully saturated rings. The van der Waals surface area contributed by atoms with E-state index >= 15 is 0 Å². The van der Waals surface area contributed by atoms with Gasteiger partial charge in [-0.3, -0.25) is 0 Å². The van der Waals surface area contributed by atoms with E-state index in [0.717, 1.165) is 12.2 Å². The Hall–Kier alpha value is -2.11. The lowest BCUT2D eigenvalue weighted by Crippen LogP contribution is -2.06. The van der Waals surface area contributed by atoms with Gasteiger partial charge in [0.05, 0.1) is 7.11 Å². The summed E-state index contributed by atoms with van der Waals surface area (Å²) in [6.45, 7) is 2.50. The first-order valence-electron chi connectivity index (χ1n) is 5.31. The lowest BCUT2D eigenvalue weighted by Gasteiger charge is -2.05. The zero-order valence-electron chi connectivity index (χ0n) is 9.80. The third-order valence-electron chi connectivity index (χ3n) is 2.19.